The summed E-state index contributed by atoms with van der Waals surface area (Å²) in [6, 6.07) is 3.37. The van der Waals surface area contributed by atoms with Crippen molar-refractivity contribution in [2.24, 2.45) is 0 Å². The molecule has 1 amide bonds. The summed E-state index contributed by atoms with van der Waals surface area (Å²) in [6.07, 6.45) is -0.0843. The van der Waals surface area contributed by atoms with Crippen LogP contribution in [-0.4, -0.2) is 41.3 Å². The molecule has 1 atom stereocenters. The number of aliphatic hydroxyl groups is 1. The van der Waals surface area contributed by atoms with Crippen LogP contribution in [0.3, 0.4) is 0 Å². The van der Waals surface area contributed by atoms with E-state index in [1.165, 1.54) is 12.1 Å². The van der Waals surface area contributed by atoms with Crippen molar-refractivity contribution in [1.82, 2.24) is 5.32 Å². The summed E-state index contributed by atoms with van der Waals surface area (Å²) in [5, 5.41) is 20.4. The van der Waals surface area contributed by atoms with Crippen molar-refractivity contribution in [3.63, 3.8) is 0 Å². The fraction of sp³-hybridized carbons (Fsp3) is 0.333. The number of aliphatic carboxylic acids is 1. The highest BCUT2D eigenvalue weighted by molar-refractivity contribution is 6.34. The molecule has 0 radical (unpaired) electrons. The quantitative estimate of drug-likeness (QED) is 0.704. The van der Waals surface area contributed by atoms with E-state index in [2.05, 4.69) is 5.32 Å². The molecule has 0 aliphatic heterocycles. The van der Waals surface area contributed by atoms with Crippen molar-refractivity contribution >= 4 is 35.1 Å². The third-order valence-electron chi connectivity index (χ3n) is 2.30. The molecule has 0 bridgehead atoms. The molecule has 110 valence electrons. The fourth-order valence-electron chi connectivity index (χ4n) is 1.35. The van der Waals surface area contributed by atoms with Crippen LogP contribution in [0.5, 0.6) is 5.75 Å². The van der Waals surface area contributed by atoms with Crippen LogP contribution < -0.4 is 10.1 Å². The molecule has 1 aromatic rings. The first kappa shape index (κ1) is 16.6. The lowest BCUT2D eigenvalue weighted by molar-refractivity contribution is -0.142. The van der Waals surface area contributed by atoms with E-state index in [4.69, 9.17) is 38.2 Å². The van der Waals surface area contributed by atoms with Gasteiger partial charge in [0.15, 0.2) is 6.61 Å². The predicted molar refractivity (Wildman–Crippen MR) is 73.2 cm³/mol. The normalized spacial score (nSPS) is 11.8. The molecule has 3 N–H and O–H groups in total. The molecule has 0 fully saturated rings. The Bertz CT molecular complexity index is 495. The lowest BCUT2D eigenvalue weighted by atomic mass is 10.2. The smallest absolute Gasteiger partial charge is 0.326 e. The van der Waals surface area contributed by atoms with Gasteiger partial charge in [-0.3, -0.25) is 4.79 Å². The van der Waals surface area contributed by atoms with E-state index in [-0.39, 0.29) is 23.8 Å². The Morgan fingerprint density at radius 3 is 2.65 bits per heavy atom. The highest BCUT2D eigenvalue weighted by atomic mass is 35.5. The van der Waals surface area contributed by atoms with Crippen molar-refractivity contribution in [3.05, 3.63) is 28.2 Å². The number of amides is 1. The Morgan fingerprint density at radius 2 is 2.05 bits per heavy atom. The Kier molecular flexibility index (Phi) is 6.57. The van der Waals surface area contributed by atoms with E-state index < -0.39 is 24.5 Å². The molecule has 0 saturated heterocycles. The molecule has 1 rings (SSSR count). The van der Waals surface area contributed by atoms with Gasteiger partial charge in [0.25, 0.3) is 5.91 Å². The van der Waals surface area contributed by atoms with Gasteiger partial charge < -0.3 is 20.3 Å². The average molecular weight is 322 g/mol. The number of aliphatic hydroxyl groups excluding tert-OH is 1. The number of rotatable bonds is 7. The molecule has 1 aromatic carbocycles. The number of carboxylic acids is 1. The monoisotopic (exact) mass is 321 g/mol. The number of benzene rings is 1. The molecule has 0 unspecified atom stereocenters. The summed E-state index contributed by atoms with van der Waals surface area (Å²) < 4.78 is 5.15. The molecule has 8 heteroatoms. The molecular weight excluding hydrogens is 309 g/mol. The van der Waals surface area contributed by atoms with Gasteiger partial charge >= 0.3 is 5.97 Å². The minimum absolute atomic E-state index is 0.0843. The zero-order chi connectivity index (χ0) is 15.1. The second-order valence-corrected chi connectivity index (χ2v) is 4.68. The number of carboxylic acid groups (broad SMARTS) is 1. The second kappa shape index (κ2) is 7.94. The Labute approximate surface area is 125 Å². The number of carbonyl (C=O) groups is 2. The van der Waals surface area contributed by atoms with Gasteiger partial charge in [-0.25, -0.2) is 4.79 Å². The SMILES string of the molecule is O=C(COc1cc(Cl)ccc1Cl)N[C@H](CCO)C(=O)O. The van der Waals surface area contributed by atoms with Crippen molar-refractivity contribution in [1.29, 1.82) is 0 Å². The van der Waals surface area contributed by atoms with E-state index in [1.54, 1.807) is 6.07 Å². The zero-order valence-corrected chi connectivity index (χ0v) is 11.8. The van der Waals surface area contributed by atoms with E-state index in [9.17, 15) is 9.59 Å². The minimum Gasteiger partial charge on any atom is -0.482 e. The fourth-order valence-corrected chi connectivity index (χ4v) is 1.69. The predicted octanol–water partition coefficient (Wildman–Crippen LogP) is 1.32. The van der Waals surface area contributed by atoms with Crippen LogP contribution in [0, 0.1) is 0 Å². The van der Waals surface area contributed by atoms with Gasteiger partial charge in [-0.15, -0.1) is 0 Å². The van der Waals surface area contributed by atoms with Gasteiger partial charge in [0.2, 0.25) is 0 Å². The van der Waals surface area contributed by atoms with E-state index >= 15 is 0 Å². The number of hydrogen-bond acceptors (Lipinski definition) is 4. The molecular formula is C12H13Cl2NO5. The number of nitrogens with one attached hydrogen (secondary N) is 1. The van der Waals surface area contributed by atoms with Crippen LogP contribution >= 0.6 is 23.2 Å². The first-order valence-electron chi connectivity index (χ1n) is 5.65. The van der Waals surface area contributed by atoms with Crippen molar-refractivity contribution in [2.45, 2.75) is 12.5 Å². The van der Waals surface area contributed by atoms with Crippen LogP contribution in [0.1, 0.15) is 6.42 Å². The molecule has 0 aliphatic carbocycles. The third kappa shape index (κ3) is 5.24. The number of hydrogen-bond donors (Lipinski definition) is 3. The van der Waals surface area contributed by atoms with Crippen molar-refractivity contribution in [2.75, 3.05) is 13.2 Å². The van der Waals surface area contributed by atoms with Gasteiger partial charge in [-0.05, 0) is 12.1 Å². The average Bonchev–Trinajstić information content (AvgIpc) is 2.39. The lowest BCUT2D eigenvalue weighted by Gasteiger charge is -2.14. The van der Waals surface area contributed by atoms with Crippen molar-refractivity contribution < 1.29 is 24.5 Å². The third-order valence-corrected chi connectivity index (χ3v) is 2.85. The molecule has 0 aromatic heterocycles. The van der Waals surface area contributed by atoms with Gasteiger partial charge in [-0.1, -0.05) is 23.2 Å². The van der Waals surface area contributed by atoms with Crippen LogP contribution in [0.2, 0.25) is 10.0 Å². The first-order valence-corrected chi connectivity index (χ1v) is 6.40. The largest absolute Gasteiger partial charge is 0.482 e. The molecule has 0 spiro atoms. The maximum Gasteiger partial charge on any atom is 0.326 e. The Morgan fingerprint density at radius 1 is 1.35 bits per heavy atom. The molecule has 0 saturated carbocycles. The topological polar surface area (TPSA) is 95.9 Å². The summed E-state index contributed by atoms with van der Waals surface area (Å²) in [7, 11) is 0. The molecule has 6 nitrogen and oxygen atoms in total. The van der Waals surface area contributed by atoms with Crippen LogP contribution in [-0.2, 0) is 9.59 Å². The van der Waals surface area contributed by atoms with Crippen molar-refractivity contribution in [3.8, 4) is 5.75 Å². The molecule has 0 aliphatic rings. The minimum atomic E-state index is -1.23. The molecule has 0 heterocycles. The van der Waals surface area contributed by atoms with Crippen LogP contribution in [0.15, 0.2) is 18.2 Å². The summed E-state index contributed by atoms with van der Waals surface area (Å²) >= 11 is 11.6. The summed E-state index contributed by atoms with van der Waals surface area (Å²) in [5.41, 5.74) is 0. The maximum absolute atomic E-state index is 11.5. The zero-order valence-electron chi connectivity index (χ0n) is 10.3. The van der Waals surface area contributed by atoms with Gasteiger partial charge in [0.05, 0.1) is 5.02 Å². The first-order chi connectivity index (χ1) is 9.43. The summed E-state index contributed by atoms with van der Waals surface area (Å²) in [6.45, 7) is -0.756. The number of ether oxygens (including phenoxy) is 1. The van der Waals surface area contributed by atoms with E-state index in [0.717, 1.165) is 0 Å². The highest BCUT2D eigenvalue weighted by Crippen LogP contribution is 2.27. The summed E-state index contributed by atoms with van der Waals surface area (Å²) in [5.74, 6) is -1.64. The van der Waals surface area contributed by atoms with Gasteiger partial charge in [0, 0.05) is 24.1 Å². The highest BCUT2D eigenvalue weighted by Gasteiger charge is 2.19. The number of halogens is 2. The maximum atomic E-state index is 11.5. The lowest BCUT2D eigenvalue weighted by Crippen LogP contribution is -2.43. The number of carbonyl (C=O) groups excluding carboxylic acids is 1. The Balaban J connectivity index is 2.54. The van der Waals surface area contributed by atoms with E-state index in [1.807, 2.05) is 0 Å². The van der Waals surface area contributed by atoms with Crippen LogP contribution in [0.4, 0.5) is 0 Å². The van der Waals surface area contributed by atoms with Gasteiger partial charge in [0.1, 0.15) is 11.8 Å². The van der Waals surface area contributed by atoms with E-state index in [0.29, 0.717) is 5.02 Å². The molecule has 20 heavy (non-hydrogen) atoms. The standard InChI is InChI=1S/C12H13Cl2NO5/c13-7-1-2-8(14)10(5-7)20-6-11(17)15-9(3-4-16)12(18)19/h1-2,5,9,16H,3-4,6H2,(H,15,17)(H,18,19)/t9-/m1/s1. The van der Waals surface area contributed by atoms with Gasteiger partial charge in [-0.2, -0.15) is 0 Å². The second-order valence-electron chi connectivity index (χ2n) is 3.83. The van der Waals surface area contributed by atoms with Crippen LogP contribution in [0.25, 0.3) is 0 Å². The Hall–Kier alpha value is -1.50. The summed E-state index contributed by atoms with van der Waals surface area (Å²) in [4.78, 5) is 22.3.